The number of rotatable bonds is 3. The Morgan fingerprint density at radius 3 is 2.88 bits per heavy atom. The number of hydrogen-bond donors (Lipinski definition) is 2. The monoisotopic (exact) mass is 231 g/mol. The van der Waals surface area contributed by atoms with E-state index in [0.29, 0.717) is 12.5 Å². The molecule has 17 heavy (non-hydrogen) atoms. The topological polar surface area (TPSA) is 63.5 Å². The lowest BCUT2D eigenvalue weighted by atomic mass is 10.1. The van der Waals surface area contributed by atoms with Gasteiger partial charge in [0.15, 0.2) is 0 Å². The Balaban J connectivity index is 2.21. The number of aliphatic hydroxyl groups is 1. The van der Waals surface area contributed by atoms with Gasteiger partial charge in [-0.15, -0.1) is 0 Å². The fourth-order valence-electron chi connectivity index (χ4n) is 2.24. The molecule has 0 spiro atoms. The Morgan fingerprint density at radius 2 is 2.29 bits per heavy atom. The van der Waals surface area contributed by atoms with Crippen molar-refractivity contribution in [1.29, 1.82) is 0 Å². The maximum absolute atomic E-state index is 9.85. The van der Waals surface area contributed by atoms with Gasteiger partial charge in [0.1, 0.15) is 5.65 Å². The molecule has 1 atom stereocenters. The van der Waals surface area contributed by atoms with Crippen LogP contribution in [0.5, 0.6) is 0 Å². The Labute approximate surface area is 100 Å². The van der Waals surface area contributed by atoms with Crippen LogP contribution in [0.4, 0.5) is 0 Å². The smallest absolute Gasteiger partial charge is 0.142 e. The second kappa shape index (κ2) is 3.82. The normalized spacial score (nSPS) is 17.6. The second-order valence-electron chi connectivity index (χ2n) is 4.85. The Bertz CT molecular complexity index is 555. The summed E-state index contributed by atoms with van der Waals surface area (Å²) in [4.78, 5) is 4.45. The summed E-state index contributed by atoms with van der Waals surface area (Å²) in [5, 5.41) is 9.85. The molecule has 3 N–H and O–H groups in total. The maximum Gasteiger partial charge on any atom is 0.142 e. The molecule has 3 rings (SSSR count). The fourth-order valence-corrected chi connectivity index (χ4v) is 2.24. The van der Waals surface area contributed by atoms with Gasteiger partial charge in [-0.2, -0.15) is 0 Å². The van der Waals surface area contributed by atoms with Crippen LogP contribution in [0.15, 0.2) is 18.5 Å². The summed E-state index contributed by atoms with van der Waals surface area (Å²) in [6, 6.07) is 2.09. The summed E-state index contributed by atoms with van der Waals surface area (Å²) < 4.78 is 2.00. The molecular weight excluding hydrogens is 214 g/mol. The number of aliphatic hydroxyl groups excluding tert-OH is 1. The van der Waals surface area contributed by atoms with Crippen LogP contribution in [0.1, 0.15) is 48.6 Å². The van der Waals surface area contributed by atoms with E-state index in [1.807, 2.05) is 10.6 Å². The molecule has 1 saturated carbocycles. The summed E-state index contributed by atoms with van der Waals surface area (Å²) in [6.45, 7) is 2.21. The summed E-state index contributed by atoms with van der Waals surface area (Å²) >= 11 is 0. The third kappa shape index (κ3) is 1.83. The minimum atomic E-state index is -0.496. The lowest BCUT2D eigenvalue weighted by Gasteiger charge is -2.09. The standard InChI is InChI=1S/C13H17N3O/c1-8(17)12-4-10(9-2-3-9)6-16-7-11(5-14)15-13(12)16/h4,6-9,17H,2-3,5,14H2,1H3. The van der Waals surface area contributed by atoms with Crippen LogP contribution in [0.25, 0.3) is 5.65 Å². The summed E-state index contributed by atoms with van der Waals surface area (Å²) in [5.41, 5.74) is 9.49. The van der Waals surface area contributed by atoms with E-state index in [4.69, 9.17) is 5.73 Å². The van der Waals surface area contributed by atoms with E-state index in [-0.39, 0.29) is 0 Å². The number of nitrogens with two attached hydrogens (primary N) is 1. The molecule has 4 nitrogen and oxygen atoms in total. The van der Waals surface area contributed by atoms with Gasteiger partial charge in [-0.05, 0) is 37.3 Å². The van der Waals surface area contributed by atoms with Gasteiger partial charge in [0.05, 0.1) is 11.8 Å². The molecule has 4 heteroatoms. The highest BCUT2D eigenvalue weighted by atomic mass is 16.3. The van der Waals surface area contributed by atoms with Gasteiger partial charge in [-0.3, -0.25) is 0 Å². The van der Waals surface area contributed by atoms with Crippen molar-refractivity contribution >= 4 is 5.65 Å². The number of fused-ring (bicyclic) bond motifs is 1. The first kappa shape index (κ1) is 10.7. The molecule has 2 aromatic heterocycles. The highest BCUT2D eigenvalue weighted by molar-refractivity contribution is 5.52. The number of imidazole rings is 1. The van der Waals surface area contributed by atoms with E-state index in [0.717, 1.165) is 16.9 Å². The summed E-state index contributed by atoms with van der Waals surface area (Å²) in [6.07, 6.45) is 6.08. The molecule has 0 bridgehead atoms. The first-order chi connectivity index (χ1) is 8.19. The summed E-state index contributed by atoms with van der Waals surface area (Å²) in [7, 11) is 0. The lowest BCUT2D eigenvalue weighted by molar-refractivity contribution is 0.200. The molecule has 2 heterocycles. The van der Waals surface area contributed by atoms with Gasteiger partial charge in [0.2, 0.25) is 0 Å². The van der Waals surface area contributed by atoms with Crippen molar-refractivity contribution in [3.8, 4) is 0 Å². The van der Waals surface area contributed by atoms with Gasteiger partial charge in [-0.1, -0.05) is 0 Å². The molecule has 0 aromatic carbocycles. The summed E-state index contributed by atoms with van der Waals surface area (Å²) in [5.74, 6) is 0.667. The highest BCUT2D eigenvalue weighted by Crippen LogP contribution is 2.41. The zero-order valence-corrected chi connectivity index (χ0v) is 9.93. The van der Waals surface area contributed by atoms with E-state index < -0.39 is 6.10 Å². The van der Waals surface area contributed by atoms with Crippen molar-refractivity contribution in [1.82, 2.24) is 9.38 Å². The third-order valence-corrected chi connectivity index (χ3v) is 3.36. The molecule has 90 valence electrons. The second-order valence-corrected chi connectivity index (χ2v) is 4.85. The van der Waals surface area contributed by atoms with Crippen molar-refractivity contribution in [2.24, 2.45) is 5.73 Å². The fraction of sp³-hybridized carbons (Fsp3) is 0.462. The van der Waals surface area contributed by atoms with Crippen LogP contribution in [-0.4, -0.2) is 14.5 Å². The minimum absolute atomic E-state index is 0.430. The van der Waals surface area contributed by atoms with Crippen LogP contribution < -0.4 is 5.73 Å². The van der Waals surface area contributed by atoms with Crippen molar-refractivity contribution in [2.75, 3.05) is 0 Å². The zero-order chi connectivity index (χ0) is 12.0. The Kier molecular flexibility index (Phi) is 2.42. The van der Waals surface area contributed by atoms with E-state index >= 15 is 0 Å². The molecule has 1 aliphatic rings. The first-order valence-corrected chi connectivity index (χ1v) is 6.08. The average molecular weight is 231 g/mol. The molecule has 0 amide bonds. The predicted octanol–water partition coefficient (Wildman–Crippen LogP) is 1.72. The van der Waals surface area contributed by atoms with Crippen LogP contribution >= 0.6 is 0 Å². The Hall–Kier alpha value is -1.39. The van der Waals surface area contributed by atoms with E-state index in [2.05, 4.69) is 17.2 Å². The zero-order valence-electron chi connectivity index (χ0n) is 9.93. The van der Waals surface area contributed by atoms with E-state index in [1.54, 1.807) is 6.92 Å². The lowest BCUT2D eigenvalue weighted by Crippen LogP contribution is -1.99. The average Bonchev–Trinajstić information content (AvgIpc) is 3.07. The van der Waals surface area contributed by atoms with Crippen LogP contribution in [0.3, 0.4) is 0 Å². The van der Waals surface area contributed by atoms with Crippen LogP contribution in [0, 0.1) is 0 Å². The van der Waals surface area contributed by atoms with Gasteiger partial charge < -0.3 is 15.2 Å². The molecule has 0 radical (unpaired) electrons. The van der Waals surface area contributed by atoms with Crippen LogP contribution in [-0.2, 0) is 6.54 Å². The van der Waals surface area contributed by atoms with Crippen molar-refractivity contribution in [2.45, 2.75) is 38.3 Å². The van der Waals surface area contributed by atoms with Crippen molar-refractivity contribution in [3.63, 3.8) is 0 Å². The minimum Gasteiger partial charge on any atom is -0.389 e. The highest BCUT2D eigenvalue weighted by Gasteiger charge is 2.25. The van der Waals surface area contributed by atoms with Crippen molar-refractivity contribution < 1.29 is 5.11 Å². The van der Waals surface area contributed by atoms with E-state index in [1.165, 1.54) is 18.4 Å². The van der Waals surface area contributed by atoms with Crippen molar-refractivity contribution in [3.05, 3.63) is 35.3 Å². The first-order valence-electron chi connectivity index (χ1n) is 6.08. The Morgan fingerprint density at radius 1 is 1.53 bits per heavy atom. The molecule has 2 aromatic rings. The number of aromatic nitrogens is 2. The molecule has 0 aliphatic heterocycles. The largest absolute Gasteiger partial charge is 0.389 e. The quantitative estimate of drug-likeness (QED) is 0.845. The maximum atomic E-state index is 9.85. The number of pyridine rings is 1. The van der Waals surface area contributed by atoms with Gasteiger partial charge in [0, 0.05) is 24.5 Å². The number of nitrogens with zero attached hydrogens (tertiary/aromatic N) is 2. The van der Waals surface area contributed by atoms with Gasteiger partial charge in [-0.25, -0.2) is 4.98 Å². The number of hydrogen-bond acceptors (Lipinski definition) is 3. The third-order valence-electron chi connectivity index (χ3n) is 3.36. The molecular formula is C13H17N3O. The molecule has 1 fully saturated rings. The molecule has 1 aliphatic carbocycles. The predicted molar refractivity (Wildman–Crippen MR) is 65.7 cm³/mol. The van der Waals surface area contributed by atoms with Crippen LogP contribution in [0.2, 0.25) is 0 Å². The van der Waals surface area contributed by atoms with E-state index in [9.17, 15) is 5.11 Å². The SMILES string of the molecule is CC(O)c1cc(C2CC2)cn2cc(CN)nc12. The molecule has 1 unspecified atom stereocenters. The molecule has 0 saturated heterocycles. The van der Waals surface area contributed by atoms with Gasteiger partial charge in [0.25, 0.3) is 0 Å². The van der Waals surface area contributed by atoms with Gasteiger partial charge >= 0.3 is 0 Å².